The van der Waals surface area contributed by atoms with Gasteiger partial charge in [0.05, 0.1) is 5.60 Å². The highest BCUT2D eigenvalue weighted by Crippen LogP contribution is 2.16. The van der Waals surface area contributed by atoms with Crippen molar-refractivity contribution in [3.05, 3.63) is 65.0 Å². The first-order chi connectivity index (χ1) is 12.2. The van der Waals surface area contributed by atoms with E-state index >= 15 is 0 Å². The Labute approximate surface area is 156 Å². The second-order valence-electron chi connectivity index (χ2n) is 7.80. The summed E-state index contributed by atoms with van der Waals surface area (Å²) in [5.74, 6) is 0.0131. The Morgan fingerprint density at radius 3 is 2.46 bits per heavy atom. The van der Waals surface area contributed by atoms with E-state index < -0.39 is 5.60 Å². The first kappa shape index (κ1) is 20.1. The molecule has 1 N–H and O–H groups in total. The van der Waals surface area contributed by atoms with Crippen molar-refractivity contribution in [3.63, 3.8) is 0 Å². The van der Waals surface area contributed by atoms with Gasteiger partial charge in [0.15, 0.2) is 0 Å². The van der Waals surface area contributed by atoms with Crippen LogP contribution in [0, 0.1) is 6.92 Å². The SMILES string of the molecule is Cc1ccnc(C[C@@H](C)N(C)C(=O)c2ccc(CCC(C)(C)O)cc2)c1. The summed E-state index contributed by atoms with van der Waals surface area (Å²) in [6.07, 6.45) is 4.03. The number of likely N-dealkylation sites (N-methyl/N-ethyl adjacent to an activating group) is 1. The highest BCUT2D eigenvalue weighted by Gasteiger charge is 2.18. The van der Waals surface area contributed by atoms with Gasteiger partial charge in [0.2, 0.25) is 0 Å². The number of aromatic nitrogens is 1. The molecule has 0 saturated heterocycles. The molecule has 0 bridgehead atoms. The van der Waals surface area contributed by atoms with Crippen LogP contribution in [0.15, 0.2) is 42.6 Å². The molecule has 1 heterocycles. The smallest absolute Gasteiger partial charge is 0.253 e. The van der Waals surface area contributed by atoms with Crippen molar-refractivity contribution in [1.29, 1.82) is 0 Å². The molecule has 4 nitrogen and oxygen atoms in total. The Bertz CT molecular complexity index is 733. The number of nitrogens with zero attached hydrogens (tertiary/aromatic N) is 2. The number of amides is 1. The first-order valence-corrected chi connectivity index (χ1v) is 9.16. The lowest BCUT2D eigenvalue weighted by Gasteiger charge is -2.25. The standard InChI is InChI=1S/C22H30N2O2/c1-16-11-13-23-20(14-16)15-17(2)24(5)21(25)19-8-6-18(7-9-19)10-12-22(3,4)26/h6-9,11,13-14,17,26H,10,12,15H2,1-5H3/t17-/m1/s1. The van der Waals surface area contributed by atoms with Crippen molar-refractivity contribution in [2.45, 2.75) is 58.6 Å². The molecule has 0 aliphatic heterocycles. The van der Waals surface area contributed by atoms with E-state index in [1.54, 1.807) is 4.90 Å². The minimum absolute atomic E-state index is 0.0131. The molecule has 2 aromatic rings. The van der Waals surface area contributed by atoms with Crippen molar-refractivity contribution in [2.75, 3.05) is 7.05 Å². The Kier molecular flexibility index (Phi) is 6.54. The number of hydrogen-bond donors (Lipinski definition) is 1. The third kappa shape index (κ3) is 5.95. The fraction of sp³-hybridized carbons (Fsp3) is 0.455. The maximum Gasteiger partial charge on any atom is 0.253 e. The summed E-state index contributed by atoms with van der Waals surface area (Å²) in [6.45, 7) is 7.71. The number of rotatable bonds is 7. The highest BCUT2D eigenvalue weighted by molar-refractivity contribution is 5.94. The molecule has 0 spiro atoms. The number of pyridine rings is 1. The molecule has 0 fully saturated rings. The lowest BCUT2D eigenvalue weighted by Crippen LogP contribution is -2.36. The lowest BCUT2D eigenvalue weighted by atomic mass is 9.98. The fourth-order valence-electron chi connectivity index (χ4n) is 2.82. The van der Waals surface area contributed by atoms with Crippen LogP contribution in [-0.4, -0.2) is 39.6 Å². The molecule has 2 rings (SSSR count). The van der Waals surface area contributed by atoms with Gasteiger partial charge >= 0.3 is 0 Å². The number of aryl methyl sites for hydroxylation is 2. The van der Waals surface area contributed by atoms with Gasteiger partial charge in [-0.25, -0.2) is 0 Å². The number of carbonyl (C=O) groups is 1. The Morgan fingerprint density at radius 2 is 1.88 bits per heavy atom. The minimum atomic E-state index is -0.673. The average Bonchev–Trinajstić information content (AvgIpc) is 2.58. The van der Waals surface area contributed by atoms with E-state index in [0.717, 1.165) is 24.1 Å². The summed E-state index contributed by atoms with van der Waals surface area (Å²) in [7, 11) is 1.84. The minimum Gasteiger partial charge on any atom is -0.390 e. The van der Waals surface area contributed by atoms with Crippen LogP contribution in [-0.2, 0) is 12.8 Å². The van der Waals surface area contributed by atoms with Crippen LogP contribution < -0.4 is 0 Å². The largest absolute Gasteiger partial charge is 0.390 e. The molecule has 0 radical (unpaired) electrons. The van der Waals surface area contributed by atoms with Crippen molar-refractivity contribution in [3.8, 4) is 0 Å². The number of aliphatic hydroxyl groups is 1. The first-order valence-electron chi connectivity index (χ1n) is 9.16. The van der Waals surface area contributed by atoms with E-state index in [0.29, 0.717) is 12.0 Å². The Morgan fingerprint density at radius 1 is 1.23 bits per heavy atom. The molecule has 1 aromatic carbocycles. The lowest BCUT2D eigenvalue weighted by molar-refractivity contribution is 0.0711. The average molecular weight is 354 g/mol. The Balaban J connectivity index is 1.98. The number of carbonyl (C=O) groups excluding carboxylic acids is 1. The van der Waals surface area contributed by atoms with E-state index in [9.17, 15) is 9.90 Å². The zero-order valence-corrected chi connectivity index (χ0v) is 16.5. The molecule has 0 aliphatic carbocycles. The molecule has 0 aliphatic rings. The molecule has 140 valence electrons. The zero-order valence-electron chi connectivity index (χ0n) is 16.5. The van der Waals surface area contributed by atoms with Crippen LogP contribution in [0.3, 0.4) is 0 Å². The van der Waals surface area contributed by atoms with Crippen molar-refractivity contribution < 1.29 is 9.90 Å². The van der Waals surface area contributed by atoms with E-state index in [2.05, 4.69) is 11.1 Å². The quantitative estimate of drug-likeness (QED) is 0.823. The fourth-order valence-corrected chi connectivity index (χ4v) is 2.82. The van der Waals surface area contributed by atoms with Gasteiger partial charge < -0.3 is 10.0 Å². The zero-order chi connectivity index (χ0) is 19.3. The Hall–Kier alpha value is -2.20. The second-order valence-corrected chi connectivity index (χ2v) is 7.80. The van der Waals surface area contributed by atoms with Crippen LogP contribution >= 0.6 is 0 Å². The van der Waals surface area contributed by atoms with E-state index in [4.69, 9.17) is 0 Å². The molecule has 0 saturated carbocycles. The molecular formula is C22H30N2O2. The molecule has 26 heavy (non-hydrogen) atoms. The van der Waals surface area contributed by atoms with Gasteiger partial charge in [0.25, 0.3) is 5.91 Å². The molecule has 1 aromatic heterocycles. The molecule has 1 atom stereocenters. The monoisotopic (exact) mass is 354 g/mol. The topological polar surface area (TPSA) is 53.4 Å². The summed E-state index contributed by atoms with van der Waals surface area (Å²) in [4.78, 5) is 18.9. The van der Waals surface area contributed by atoms with Gasteiger partial charge in [-0.1, -0.05) is 12.1 Å². The molecule has 4 heteroatoms. The van der Waals surface area contributed by atoms with E-state index in [-0.39, 0.29) is 11.9 Å². The van der Waals surface area contributed by atoms with Gasteiger partial charge in [0.1, 0.15) is 0 Å². The summed E-state index contributed by atoms with van der Waals surface area (Å²) < 4.78 is 0. The maximum atomic E-state index is 12.7. The molecule has 0 unspecified atom stereocenters. The number of benzene rings is 1. The second kappa shape index (κ2) is 8.45. The van der Waals surface area contributed by atoms with Gasteiger partial charge in [-0.3, -0.25) is 9.78 Å². The normalized spacial score (nSPS) is 12.7. The van der Waals surface area contributed by atoms with Crippen molar-refractivity contribution in [1.82, 2.24) is 9.88 Å². The predicted molar refractivity (Wildman–Crippen MR) is 105 cm³/mol. The summed E-state index contributed by atoms with van der Waals surface area (Å²) in [6, 6.07) is 11.8. The number of hydrogen-bond acceptors (Lipinski definition) is 3. The van der Waals surface area contributed by atoms with Gasteiger partial charge in [-0.05, 0) is 75.9 Å². The van der Waals surface area contributed by atoms with Gasteiger partial charge in [0, 0.05) is 37.0 Å². The van der Waals surface area contributed by atoms with E-state index in [1.165, 1.54) is 5.56 Å². The van der Waals surface area contributed by atoms with E-state index in [1.807, 2.05) is 71.3 Å². The third-order valence-electron chi connectivity index (χ3n) is 4.68. The van der Waals surface area contributed by atoms with Crippen molar-refractivity contribution in [2.24, 2.45) is 0 Å². The van der Waals surface area contributed by atoms with Gasteiger partial charge in [-0.15, -0.1) is 0 Å². The third-order valence-corrected chi connectivity index (χ3v) is 4.68. The molecular weight excluding hydrogens is 324 g/mol. The predicted octanol–water partition coefficient (Wildman–Crippen LogP) is 3.80. The van der Waals surface area contributed by atoms with Crippen LogP contribution in [0.2, 0.25) is 0 Å². The van der Waals surface area contributed by atoms with Gasteiger partial charge in [-0.2, -0.15) is 0 Å². The van der Waals surface area contributed by atoms with Crippen LogP contribution in [0.25, 0.3) is 0 Å². The van der Waals surface area contributed by atoms with Crippen LogP contribution in [0.1, 0.15) is 54.4 Å². The summed E-state index contributed by atoms with van der Waals surface area (Å²) >= 11 is 0. The summed E-state index contributed by atoms with van der Waals surface area (Å²) in [5.41, 5.74) is 3.32. The maximum absolute atomic E-state index is 12.7. The van der Waals surface area contributed by atoms with Crippen LogP contribution in [0.5, 0.6) is 0 Å². The summed E-state index contributed by atoms with van der Waals surface area (Å²) in [5, 5.41) is 9.83. The van der Waals surface area contributed by atoms with Crippen molar-refractivity contribution >= 4 is 5.91 Å². The van der Waals surface area contributed by atoms with Crippen LogP contribution in [0.4, 0.5) is 0 Å². The highest BCUT2D eigenvalue weighted by atomic mass is 16.3. The molecule has 1 amide bonds.